The summed E-state index contributed by atoms with van der Waals surface area (Å²) in [6, 6.07) is 11.0. The number of rotatable bonds is 4. The molecule has 0 radical (unpaired) electrons. The molecule has 1 aliphatic rings. The van der Waals surface area contributed by atoms with Crippen LogP contribution in [0.15, 0.2) is 58.4 Å². The average molecular weight is 368 g/mol. The fourth-order valence-corrected chi connectivity index (χ4v) is 4.95. The lowest BCUT2D eigenvalue weighted by atomic mass is 10.2. The molecule has 24 heavy (non-hydrogen) atoms. The number of amidine groups is 1. The van der Waals surface area contributed by atoms with Crippen LogP contribution in [0.1, 0.15) is 5.56 Å². The van der Waals surface area contributed by atoms with Crippen molar-refractivity contribution in [1.29, 1.82) is 0 Å². The van der Waals surface area contributed by atoms with Crippen molar-refractivity contribution in [3.05, 3.63) is 65.7 Å². The van der Waals surface area contributed by atoms with Crippen molar-refractivity contribution in [2.24, 2.45) is 4.99 Å². The highest BCUT2D eigenvalue weighted by Gasteiger charge is 2.31. The van der Waals surface area contributed by atoms with E-state index in [1.165, 1.54) is 34.3 Å². The molecule has 0 aromatic heterocycles. The number of aliphatic imine (C=N–C) groups is 1. The first-order valence-electron chi connectivity index (χ1n) is 7.17. The molecular formula is C16H14F2N2O2S2. The number of hydrogen-bond acceptors (Lipinski definition) is 4. The van der Waals surface area contributed by atoms with Gasteiger partial charge in [0.05, 0.1) is 18.0 Å². The van der Waals surface area contributed by atoms with Crippen LogP contribution < -0.4 is 0 Å². The Hall–Kier alpha value is -1.93. The predicted octanol–water partition coefficient (Wildman–Crippen LogP) is 3.26. The van der Waals surface area contributed by atoms with Crippen LogP contribution in [0, 0.1) is 11.6 Å². The summed E-state index contributed by atoms with van der Waals surface area (Å²) in [5.41, 5.74) is 0.483. The molecule has 0 fully saturated rings. The van der Waals surface area contributed by atoms with Crippen LogP contribution in [-0.2, 0) is 15.8 Å². The zero-order chi connectivity index (χ0) is 17.2. The second kappa shape index (κ2) is 6.90. The van der Waals surface area contributed by atoms with E-state index in [1.54, 1.807) is 18.2 Å². The maximum Gasteiger partial charge on any atom is 0.265 e. The third-order valence-corrected chi connectivity index (χ3v) is 6.46. The summed E-state index contributed by atoms with van der Waals surface area (Å²) in [6.07, 6.45) is 0. The Kier molecular flexibility index (Phi) is 4.86. The molecule has 0 amide bonds. The van der Waals surface area contributed by atoms with Crippen LogP contribution in [0.2, 0.25) is 0 Å². The molecule has 0 bridgehead atoms. The zero-order valence-electron chi connectivity index (χ0n) is 12.5. The second-order valence-electron chi connectivity index (χ2n) is 5.08. The van der Waals surface area contributed by atoms with Gasteiger partial charge in [-0.05, 0) is 35.9 Å². The minimum absolute atomic E-state index is 0.00462. The minimum Gasteiger partial charge on any atom is -0.260 e. The van der Waals surface area contributed by atoms with Crippen LogP contribution in [0.3, 0.4) is 0 Å². The van der Waals surface area contributed by atoms with Gasteiger partial charge in [-0.15, -0.1) is 0 Å². The van der Waals surface area contributed by atoms with Gasteiger partial charge >= 0.3 is 0 Å². The van der Waals surface area contributed by atoms with E-state index in [4.69, 9.17) is 0 Å². The molecule has 4 nitrogen and oxygen atoms in total. The van der Waals surface area contributed by atoms with Crippen LogP contribution in [0.4, 0.5) is 8.78 Å². The molecule has 1 aliphatic heterocycles. The number of thioether (sulfide) groups is 1. The van der Waals surface area contributed by atoms with Gasteiger partial charge in [0.1, 0.15) is 11.6 Å². The third-order valence-electron chi connectivity index (χ3n) is 3.48. The summed E-state index contributed by atoms with van der Waals surface area (Å²) in [6.45, 7) is 0.569. The van der Waals surface area contributed by atoms with Crippen LogP contribution in [-0.4, -0.2) is 31.0 Å². The molecule has 126 valence electrons. The van der Waals surface area contributed by atoms with Crippen LogP contribution in [0.25, 0.3) is 0 Å². The van der Waals surface area contributed by atoms with Crippen molar-refractivity contribution in [2.45, 2.75) is 10.6 Å². The Balaban J connectivity index is 1.78. The lowest BCUT2D eigenvalue weighted by molar-refractivity contribution is 0.539. The van der Waals surface area contributed by atoms with Gasteiger partial charge in [-0.1, -0.05) is 30.0 Å². The number of sulfonamides is 1. The van der Waals surface area contributed by atoms with Gasteiger partial charge in [0, 0.05) is 5.75 Å². The molecule has 0 N–H and O–H groups in total. The quantitative estimate of drug-likeness (QED) is 0.832. The first-order chi connectivity index (χ1) is 11.5. The highest BCUT2D eigenvalue weighted by molar-refractivity contribution is 8.14. The van der Waals surface area contributed by atoms with Crippen molar-refractivity contribution in [3.8, 4) is 0 Å². The predicted molar refractivity (Wildman–Crippen MR) is 90.3 cm³/mol. The van der Waals surface area contributed by atoms with Gasteiger partial charge in [0.15, 0.2) is 5.17 Å². The van der Waals surface area contributed by atoms with Crippen molar-refractivity contribution < 1.29 is 17.2 Å². The average Bonchev–Trinajstić information content (AvgIpc) is 3.04. The molecule has 2 aromatic rings. The van der Waals surface area contributed by atoms with E-state index in [2.05, 4.69) is 4.99 Å². The SMILES string of the molecule is O=S(=O)(c1ccc(F)cc1)N1CCN=C1SCc1ccccc1F. The minimum atomic E-state index is -3.80. The number of benzene rings is 2. The highest BCUT2D eigenvalue weighted by Crippen LogP contribution is 2.26. The van der Waals surface area contributed by atoms with Gasteiger partial charge in [-0.3, -0.25) is 4.99 Å². The molecule has 0 unspecified atom stereocenters. The zero-order valence-corrected chi connectivity index (χ0v) is 14.2. The Bertz CT molecular complexity index is 868. The van der Waals surface area contributed by atoms with Gasteiger partial charge < -0.3 is 0 Å². The highest BCUT2D eigenvalue weighted by atomic mass is 32.2. The Morgan fingerprint density at radius 2 is 1.79 bits per heavy atom. The number of hydrogen-bond donors (Lipinski definition) is 0. The summed E-state index contributed by atoms with van der Waals surface area (Å²) in [4.78, 5) is 4.21. The Morgan fingerprint density at radius 1 is 1.08 bits per heavy atom. The lowest BCUT2D eigenvalue weighted by Crippen LogP contribution is -2.32. The topological polar surface area (TPSA) is 49.7 Å². The van der Waals surface area contributed by atoms with E-state index >= 15 is 0 Å². The number of nitrogens with zero attached hydrogens (tertiary/aromatic N) is 2. The van der Waals surface area contributed by atoms with Crippen LogP contribution in [0.5, 0.6) is 0 Å². The lowest BCUT2D eigenvalue weighted by Gasteiger charge is -2.19. The second-order valence-corrected chi connectivity index (χ2v) is 7.88. The molecule has 0 saturated carbocycles. The molecule has 2 aromatic carbocycles. The summed E-state index contributed by atoms with van der Waals surface area (Å²) in [5, 5.41) is 0.322. The van der Waals surface area contributed by atoms with E-state index in [1.807, 2.05) is 0 Å². The Labute approximate surface area is 143 Å². The number of halogens is 2. The molecule has 3 rings (SSSR count). The van der Waals surface area contributed by atoms with Gasteiger partial charge in [0.2, 0.25) is 0 Å². The molecular weight excluding hydrogens is 354 g/mol. The Morgan fingerprint density at radius 3 is 2.50 bits per heavy atom. The largest absolute Gasteiger partial charge is 0.265 e. The monoisotopic (exact) mass is 368 g/mol. The molecule has 0 saturated heterocycles. The van der Waals surface area contributed by atoms with E-state index in [9.17, 15) is 17.2 Å². The normalized spacial score (nSPS) is 14.8. The summed E-state index contributed by atoms with van der Waals surface area (Å²) in [7, 11) is -3.80. The molecule has 0 spiro atoms. The first kappa shape index (κ1) is 16.9. The summed E-state index contributed by atoms with van der Waals surface area (Å²) >= 11 is 1.17. The molecule has 8 heteroatoms. The van der Waals surface area contributed by atoms with Gasteiger partial charge in [-0.25, -0.2) is 21.5 Å². The van der Waals surface area contributed by atoms with Crippen molar-refractivity contribution in [1.82, 2.24) is 4.31 Å². The fraction of sp³-hybridized carbons (Fsp3) is 0.188. The van der Waals surface area contributed by atoms with Crippen molar-refractivity contribution >= 4 is 27.0 Å². The van der Waals surface area contributed by atoms with E-state index in [-0.39, 0.29) is 23.0 Å². The molecule has 1 heterocycles. The van der Waals surface area contributed by atoms with E-state index in [0.29, 0.717) is 17.3 Å². The van der Waals surface area contributed by atoms with E-state index < -0.39 is 15.8 Å². The molecule has 0 aliphatic carbocycles. The van der Waals surface area contributed by atoms with Gasteiger partial charge in [-0.2, -0.15) is 0 Å². The molecule has 0 atom stereocenters. The van der Waals surface area contributed by atoms with Crippen molar-refractivity contribution in [3.63, 3.8) is 0 Å². The maximum atomic E-state index is 13.7. The standard InChI is InChI=1S/C16H14F2N2O2S2/c17-13-5-7-14(8-6-13)24(21,22)20-10-9-19-16(20)23-11-12-3-1-2-4-15(12)18/h1-8H,9-11H2. The van der Waals surface area contributed by atoms with E-state index in [0.717, 1.165) is 12.1 Å². The van der Waals surface area contributed by atoms with Crippen molar-refractivity contribution in [2.75, 3.05) is 13.1 Å². The summed E-state index contributed by atoms with van der Waals surface area (Å²) < 4.78 is 53.2. The van der Waals surface area contributed by atoms with Gasteiger partial charge in [0.25, 0.3) is 10.0 Å². The fourth-order valence-electron chi connectivity index (χ4n) is 2.24. The smallest absolute Gasteiger partial charge is 0.260 e. The maximum absolute atomic E-state index is 13.7. The summed E-state index contributed by atoms with van der Waals surface area (Å²) in [5.74, 6) is -0.559. The third kappa shape index (κ3) is 3.44. The van der Waals surface area contributed by atoms with Crippen LogP contribution >= 0.6 is 11.8 Å². The first-order valence-corrected chi connectivity index (χ1v) is 9.60.